The highest BCUT2D eigenvalue weighted by atomic mass is 16.1. The van der Waals surface area contributed by atoms with Gasteiger partial charge in [-0.3, -0.25) is 0 Å². The van der Waals surface area contributed by atoms with Gasteiger partial charge in [-0.2, -0.15) is 0 Å². The lowest BCUT2D eigenvalue weighted by Crippen LogP contribution is -2.26. The molecule has 0 N–H and O–H groups in total. The monoisotopic (exact) mass is 238 g/mol. The summed E-state index contributed by atoms with van der Waals surface area (Å²) >= 11 is 0. The topological polar surface area (TPSA) is 17.1 Å². The zero-order valence-electron chi connectivity index (χ0n) is 10.9. The smallest absolute Gasteiger partial charge is 0.130 e. The van der Waals surface area contributed by atoms with Crippen LogP contribution in [0.15, 0.2) is 54.6 Å². The van der Waals surface area contributed by atoms with E-state index >= 15 is 0 Å². The number of hydrogen-bond donors (Lipinski definition) is 0. The van der Waals surface area contributed by atoms with Crippen LogP contribution in [0.5, 0.6) is 0 Å². The van der Waals surface area contributed by atoms with Crippen molar-refractivity contribution in [2.45, 2.75) is 25.7 Å². The predicted octanol–water partition coefficient (Wildman–Crippen LogP) is 3.69. The van der Waals surface area contributed by atoms with E-state index in [0.717, 1.165) is 18.3 Å². The van der Waals surface area contributed by atoms with Crippen molar-refractivity contribution in [3.8, 4) is 0 Å². The number of rotatable bonds is 4. The Morgan fingerprint density at radius 3 is 2.39 bits per heavy atom. The molecule has 1 unspecified atom stereocenters. The first-order valence-electron chi connectivity index (χ1n) is 6.21. The van der Waals surface area contributed by atoms with Gasteiger partial charge in [0, 0.05) is 0 Å². The van der Waals surface area contributed by atoms with Gasteiger partial charge in [0.25, 0.3) is 0 Å². The molecule has 1 heteroatoms. The van der Waals surface area contributed by atoms with E-state index in [4.69, 9.17) is 0 Å². The van der Waals surface area contributed by atoms with Gasteiger partial charge in [0.2, 0.25) is 0 Å². The normalized spacial score (nSPS) is 13.9. The SMILES string of the molecule is Cc1cccc(CC(C)(C=O)c2ccccc2)c1. The first-order chi connectivity index (χ1) is 8.64. The van der Waals surface area contributed by atoms with E-state index in [2.05, 4.69) is 25.1 Å². The molecule has 0 fully saturated rings. The van der Waals surface area contributed by atoms with Crippen LogP contribution in [0.25, 0.3) is 0 Å². The van der Waals surface area contributed by atoms with Crippen molar-refractivity contribution in [3.05, 3.63) is 71.3 Å². The maximum Gasteiger partial charge on any atom is 0.130 e. The van der Waals surface area contributed by atoms with Crippen LogP contribution in [0.3, 0.4) is 0 Å². The van der Waals surface area contributed by atoms with Gasteiger partial charge in [-0.05, 0) is 31.4 Å². The van der Waals surface area contributed by atoms with Gasteiger partial charge >= 0.3 is 0 Å². The molecule has 1 atom stereocenters. The van der Waals surface area contributed by atoms with Gasteiger partial charge in [0.05, 0.1) is 5.41 Å². The van der Waals surface area contributed by atoms with E-state index in [1.165, 1.54) is 11.1 Å². The quantitative estimate of drug-likeness (QED) is 0.742. The second-order valence-electron chi connectivity index (χ2n) is 5.07. The Labute approximate surface area is 108 Å². The summed E-state index contributed by atoms with van der Waals surface area (Å²) in [6.07, 6.45) is 1.80. The molecule has 0 aliphatic rings. The summed E-state index contributed by atoms with van der Waals surface area (Å²) in [5, 5.41) is 0. The van der Waals surface area contributed by atoms with Gasteiger partial charge in [0.1, 0.15) is 6.29 Å². The van der Waals surface area contributed by atoms with Crippen LogP contribution in [0.4, 0.5) is 0 Å². The van der Waals surface area contributed by atoms with Crippen LogP contribution in [0, 0.1) is 6.92 Å². The molecular formula is C17H18O. The third-order valence-corrected chi connectivity index (χ3v) is 3.35. The molecule has 18 heavy (non-hydrogen) atoms. The second-order valence-corrected chi connectivity index (χ2v) is 5.07. The van der Waals surface area contributed by atoms with Crippen LogP contribution in [-0.4, -0.2) is 6.29 Å². The molecule has 92 valence electrons. The largest absolute Gasteiger partial charge is 0.302 e. The standard InChI is InChI=1S/C17H18O/c1-14-7-6-8-15(11-14)12-17(2,13-18)16-9-4-3-5-10-16/h3-11,13H,12H2,1-2H3. The number of carbonyl (C=O) groups is 1. The third-order valence-electron chi connectivity index (χ3n) is 3.35. The number of carbonyl (C=O) groups excluding carboxylic acids is 1. The molecule has 0 bridgehead atoms. The van der Waals surface area contributed by atoms with Gasteiger partial charge in [0.15, 0.2) is 0 Å². The minimum Gasteiger partial charge on any atom is -0.302 e. The van der Waals surface area contributed by atoms with Crippen LogP contribution < -0.4 is 0 Å². The van der Waals surface area contributed by atoms with Gasteiger partial charge in [-0.25, -0.2) is 0 Å². The van der Waals surface area contributed by atoms with E-state index in [1.54, 1.807) is 0 Å². The fourth-order valence-corrected chi connectivity index (χ4v) is 2.28. The molecule has 0 spiro atoms. The molecule has 0 aliphatic heterocycles. The first kappa shape index (κ1) is 12.6. The molecule has 0 aromatic heterocycles. The minimum absolute atomic E-state index is 0.449. The van der Waals surface area contributed by atoms with Crippen molar-refractivity contribution in [2.75, 3.05) is 0 Å². The molecule has 0 radical (unpaired) electrons. The average Bonchev–Trinajstić information content (AvgIpc) is 2.39. The van der Waals surface area contributed by atoms with Crippen molar-refractivity contribution in [1.29, 1.82) is 0 Å². The second kappa shape index (κ2) is 5.18. The highest BCUT2D eigenvalue weighted by Gasteiger charge is 2.26. The van der Waals surface area contributed by atoms with Crippen molar-refractivity contribution >= 4 is 6.29 Å². The molecule has 0 heterocycles. The van der Waals surface area contributed by atoms with Crippen LogP contribution >= 0.6 is 0 Å². The number of aryl methyl sites for hydroxylation is 1. The minimum atomic E-state index is -0.449. The molecular weight excluding hydrogens is 220 g/mol. The Kier molecular flexibility index (Phi) is 3.61. The molecule has 0 amide bonds. The summed E-state index contributed by atoms with van der Waals surface area (Å²) in [5.41, 5.74) is 3.05. The Hall–Kier alpha value is -1.89. The number of hydrogen-bond acceptors (Lipinski definition) is 1. The third kappa shape index (κ3) is 2.67. The van der Waals surface area contributed by atoms with Gasteiger partial charge in [-0.1, -0.05) is 60.2 Å². The fourth-order valence-electron chi connectivity index (χ4n) is 2.28. The lowest BCUT2D eigenvalue weighted by molar-refractivity contribution is -0.112. The summed E-state index contributed by atoms with van der Waals surface area (Å²) in [5.74, 6) is 0. The van der Waals surface area contributed by atoms with Crippen LogP contribution in [0.2, 0.25) is 0 Å². The molecule has 2 aromatic carbocycles. The summed E-state index contributed by atoms with van der Waals surface area (Å²) in [6, 6.07) is 18.3. The van der Waals surface area contributed by atoms with E-state index in [-0.39, 0.29) is 0 Å². The van der Waals surface area contributed by atoms with Crippen LogP contribution in [-0.2, 0) is 16.6 Å². The number of aldehydes is 1. The Balaban J connectivity index is 2.32. The predicted molar refractivity (Wildman–Crippen MR) is 74.7 cm³/mol. The lowest BCUT2D eigenvalue weighted by atomic mass is 9.78. The van der Waals surface area contributed by atoms with Gasteiger partial charge < -0.3 is 4.79 Å². The average molecular weight is 238 g/mol. The zero-order valence-corrected chi connectivity index (χ0v) is 10.9. The molecule has 1 nitrogen and oxygen atoms in total. The zero-order chi connectivity index (χ0) is 13.0. The summed E-state index contributed by atoms with van der Waals surface area (Å²) < 4.78 is 0. The molecule has 0 saturated carbocycles. The Morgan fingerprint density at radius 1 is 1.06 bits per heavy atom. The van der Waals surface area contributed by atoms with E-state index in [1.807, 2.05) is 43.3 Å². The van der Waals surface area contributed by atoms with Crippen molar-refractivity contribution in [3.63, 3.8) is 0 Å². The maximum atomic E-state index is 11.5. The Bertz CT molecular complexity index is 530. The summed E-state index contributed by atoms with van der Waals surface area (Å²) in [4.78, 5) is 11.5. The van der Waals surface area contributed by atoms with Crippen LogP contribution in [0.1, 0.15) is 23.6 Å². The van der Waals surface area contributed by atoms with E-state index < -0.39 is 5.41 Å². The highest BCUT2D eigenvalue weighted by Crippen LogP contribution is 2.26. The molecule has 0 saturated heterocycles. The van der Waals surface area contributed by atoms with Crippen molar-refractivity contribution in [2.24, 2.45) is 0 Å². The van der Waals surface area contributed by atoms with E-state index in [9.17, 15) is 4.79 Å². The molecule has 0 aliphatic carbocycles. The molecule has 2 aromatic rings. The maximum absolute atomic E-state index is 11.5. The highest BCUT2D eigenvalue weighted by molar-refractivity contribution is 5.68. The van der Waals surface area contributed by atoms with E-state index in [0.29, 0.717) is 0 Å². The van der Waals surface area contributed by atoms with Crippen molar-refractivity contribution < 1.29 is 4.79 Å². The van der Waals surface area contributed by atoms with Gasteiger partial charge in [-0.15, -0.1) is 0 Å². The molecule has 2 rings (SSSR count). The number of benzene rings is 2. The Morgan fingerprint density at radius 2 is 1.78 bits per heavy atom. The lowest BCUT2D eigenvalue weighted by Gasteiger charge is -2.24. The summed E-state index contributed by atoms with van der Waals surface area (Å²) in [6.45, 7) is 4.07. The first-order valence-corrected chi connectivity index (χ1v) is 6.21. The fraction of sp³-hybridized carbons (Fsp3) is 0.235. The van der Waals surface area contributed by atoms with Crippen molar-refractivity contribution in [1.82, 2.24) is 0 Å². The summed E-state index contributed by atoms with van der Waals surface area (Å²) in [7, 11) is 0.